The fraction of sp³-hybridized carbons (Fsp3) is 0.125. The number of benzene rings is 2. The van der Waals surface area contributed by atoms with Crippen molar-refractivity contribution in [1.29, 1.82) is 0 Å². The van der Waals surface area contributed by atoms with E-state index in [4.69, 9.17) is 0 Å². The van der Waals surface area contributed by atoms with E-state index >= 15 is 0 Å². The summed E-state index contributed by atoms with van der Waals surface area (Å²) in [5, 5.41) is 0. The van der Waals surface area contributed by atoms with Gasteiger partial charge in [0.25, 0.3) is 0 Å². The van der Waals surface area contributed by atoms with Crippen LogP contribution < -0.4 is 4.90 Å². The topological polar surface area (TPSA) is 3.24 Å². The number of hydrogen-bond donors (Lipinski definition) is 0. The maximum atomic E-state index is 2.13. The van der Waals surface area contributed by atoms with Crippen molar-refractivity contribution in [3.05, 3.63) is 71.9 Å². The molecule has 0 spiro atoms. The highest BCUT2D eigenvalue weighted by Crippen LogP contribution is 2.14. The Hall–Kier alpha value is -2.02. The van der Waals surface area contributed by atoms with E-state index in [1.165, 1.54) is 16.8 Å². The largest absolute Gasteiger partial charge is 0.351 e. The monoisotopic (exact) mass is 223 g/mol. The van der Waals surface area contributed by atoms with Gasteiger partial charge in [0.15, 0.2) is 0 Å². The normalized spacial score (nSPS) is 10.7. The molecule has 1 nitrogen and oxygen atoms in total. The van der Waals surface area contributed by atoms with Gasteiger partial charge in [0, 0.05) is 18.9 Å². The lowest BCUT2D eigenvalue weighted by atomic mass is 10.2. The summed E-state index contributed by atoms with van der Waals surface area (Å²) in [7, 11) is 2.06. The summed E-state index contributed by atoms with van der Waals surface area (Å²) in [5.41, 5.74) is 3.70. The van der Waals surface area contributed by atoms with Crippen LogP contribution in [0.4, 0.5) is 5.69 Å². The Kier molecular flexibility index (Phi) is 3.61. The first-order valence-corrected chi connectivity index (χ1v) is 5.78. The molecule has 2 aromatic rings. The average molecular weight is 223 g/mol. The number of hydrogen-bond acceptors (Lipinski definition) is 1. The molecule has 0 aliphatic heterocycles. The molecule has 0 fully saturated rings. The highest BCUT2D eigenvalue weighted by atomic mass is 15.1. The molecule has 2 rings (SSSR count). The molecule has 17 heavy (non-hydrogen) atoms. The molecule has 0 bridgehead atoms. The zero-order valence-corrected chi connectivity index (χ0v) is 10.3. The first-order chi connectivity index (χ1) is 8.25. The molecule has 0 aliphatic carbocycles. The minimum Gasteiger partial charge on any atom is -0.351 e. The number of rotatable bonds is 3. The van der Waals surface area contributed by atoms with Gasteiger partial charge in [-0.1, -0.05) is 48.0 Å². The van der Waals surface area contributed by atoms with Crippen molar-refractivity contribution in [2.45, 2.75) is 6.92 Å². The maximum absolute atomic E-state index is 2.13. The van der Waals surface area contributed by atoms with Gasteiger partial charge in [-0.2, -0.15) is 0 Å². The zero-order chi connectivity index (χ0) is 12.1. The van der Waals surface area contributed by atoms with Crippen molar-refractivity contribution in [3.63, 3.8) is 0 Å². The molecule has 0 atom stereocenters. The first-order valence-electron chi connectivity index (χ1n) is 5.78. The second-order valence-electron chi connectivity index (χ2n) is 4.17. The Morgan fingerprint density at radius 3 is 2.18 bits per heavy atom. The van der Waals surface area contributed by atoms with Crippen molar-refractivity contribution in [3.8, 4) is 0 Å². The number of anilines is 1. The lowest BCUT2D eigenvalue weighted by molar-refractivity contribution is 1.21. The summed E-state index contributed by atoms with van der Waals surface area (Å²) in [5.74, 6) is 0. The molecule has 1 heteroatoms. The van der Waals surface area contributed by atoms with Gasteiger partial charge in [-0.05, 0) is 30.7 Å². The predicted octanol–water partition coefficient (Wildman–Crippen LogP) is 4.10. The van der Waals surface area contributed by atoms with Crippen LogP contribution in [0.3, 0.4) is 0 Å². The van der Waals surface area contributed by atoms with E-state index < -0.39 is 0 Å². The van der Waals surface area contributed by atoms with Crippen LogP contribution in [0.2, 0.25) is 0 Å². The average Bonchev–Trinajstić information content (AvgIpc) is 2.38. The summed E-state index contributed by atoms with van der Waals surface area (Å²) in [6.07, 6.45) is 4.19. The lowest BCUT2D eigenvalue weighted by Gasteiger charge is -2.14. The van der Waals surface area contributed by atoms with Crippen LogP contribution in [0.5, 0.6) is 0 Å². The van der Waals surface area contributed by atoms with E-state index in [2.05, 4.69) is 67.5 Å². The van der Waals surface area contributed by atoms with E-state index in [0.717, 1.165) is 0 Å². The second-order valence-corrected chi connectivity index (χ2v) is 4.17. The van der Waals surface area contributed by atoms with E-state index in [1.807, 2.05) is 18.2 Å². The summed E-state index contributed by atoms with van der Waals surface area (Å²) in [4.78, 5) is 2.12. The molecule has 0 N–H and O–H groups in total. The van der Waals surface area contributed by atoms with Gasteiger partial charge >= 0.3 is 0 Å². The van der Waals surface area contributed by atoms with Crippen LogP contribution in [-0.4, -0.2) is 7.05 Å². The Morgan fingerprint density at radius 1 is 0.882 bits per heavy atom. The fourth-order valence-electron chi connectivity index (χ4n) is 1.63. The molecule has 0 saturated heterocycles. The Balaban J connectivity index is 2.09. The van der Waals surface area contributed by atoms with Crippen molar-refractivity contribution >= 4 is 11.8 Å². The van der Waals surface area contributed by atoms with Gasteiger partial charge in [-0.25, -0.2) is 0 Å². The highest BCUT2D eigenvalue weighted by molar-refractivity contribution is 5.56. The third-order valence-corrected chi connectivity index (χ3v) is 2.73. The van der Waals surface area contributed by atoms with Crippen molar-refractivity contribution < 1.29 is 0 Å². The SMILES string of the molecule is Cc1ccc(N(C)/C=C\c2ccccc2)cc1. The van der Waals surface area contributed by atoms with Crippen LogP contribution in [-0.2, 0) is 0 Å². The maximum Gasteiger partial charge on any atom is 0.0403 e. The minimum absolute atomic E-state index is 1.20. The molecule has 0 heterocycles. The fourth-order valence-corrected chi connectivity index (χ4v) is 1.63. The van der Waals surface area contributed by atoms with Crippen LogP contribution in [0.1, 0.15) is 11.1 Å². The molecule has 2 aromatic carbocycles. The third-order valence-electron chi connectivity index (χ3n) is 2.73. The molecule has 0 amide bonds. The molecule has 86 valence electrons. The van der Waals surface area contributed by atoms with Crippen molar-refractivity contribution in [1.82, 2.24) is 0 Å². The molecular formula is C16H17N. The van der Waals surface area contributed by atoms with Crippen molar-refractivity contribution in [2.24, 2.45) is 0 Å². The molecule has 0 aromatic heterocycles. The van der Waals surface area contributed by atoms with Gasteiger partial charge in [0.2, 0.25) is 0 Å². The first kappa shape index (κ1) is 11.5. The van der Waals surface area contributed by atoms with Gasteiger partial charge in [-0.3, -0.25) is 0 Å². The van der Waals surface area contributed by atoms with Gasteiger partial charge in [0.1, 0.15) is 0 Å². The molecular weight excluding hydrogens is 206 g/mol. The quantitative estimate of drug-likeness (QED) is 0.757. The Labute approximate surface area is 103 Å². The molecule has 0 aliphatic rings. The van der Waals surface area contributed by atoms with E-state index in [1.54, 1.807) is 0 Å². The Morgan fingerprint density at radius 2 is 1.53 bits per heavy atom. The summed E-state index contributed by atoms with van der Waals surface area (Å²) in [6, 6.07) is 18.8. The summed E-state index contributed by atoms with van der Waals surface area (Å²) >= 11 is 0. The van der Waals surface area contributed by atoms with Gasteiger partial charge < -0.3 is 4.90 Å². The lowest BCUT2D eigenvalue weighted by Crippen LogP contribution is -2.07. The molecule has 0 unspecified atom stereocenters. The second kappa shape index (κ2) is 5.35. The smallest absolute Gasteiger partial charge is 0.0403 e. The van der Waals surface area contributed by atoms with Gasteiger partial charge in [-0.15, -0.1) is 0 Å². The van der Waals surface area contributed by atoms with E-state index in [-0.39, 0.29) is 0 Å². The van der Waals surface area contributed by atoms with E-state index in [0.29, 0.717) is 0 Å². The predicted molar refractivity (Wildman–Crippen MR) is 75.1 cm³/mol. The molecule has 0 saturated carbocycles. The minimum atomic E-state index is 1.20. The standard InChI is InChI=1S/C16H17N/c1-14-8-10-16(11-9-14)17(2)13-12-15-6-4-3-5-7-15/h3-13H,1-2H3/b13-12-. The third kappa shape index (κ3) is 3.22. The molecule has 0 radical (unpaired) electrons. The van der Waals surface area contributed by atoms with Crippen LogP contribution in [0.25, 0.3) is 6.08 Å². The van der Waals surface area contributed by atoms with E-state index in [9.17, 15) is 0 Å². The van der Waals surface area contributed by atoms with Gasteiger partial charge in [0.05, 0.1) is 0 Å². The summed E-state index contributed by atoms with van der Waals surface area (Å²) in [6.45, 7) is 2.10. The number of aryl methyl sites for hydroxylation is 1. The Bertz CT molecular complexity index is 483. The highest BCUT2D eigenvalue weighted by Gasteiger charge is 1.95. The van der Waals surface area contributed by atoms with Crippen LogP contribution >= 0.6 is 0 Å². The zero-order valence-electron chi connectivity index (χ0n) is 10.3. The summed E-state index contributed by atoms with van der Waals surface area (Å²) < 4.78 is 0. The van der Waals surface area contributed by atoms with Crippen LogP contribution in [0.15, 0.2) is 60.8 Å². The van der Waals surface area contributed by atoms with Crippen molar-refractivity contribution in [2.75, 3.05) is 11.9 Å². The van der Waals surface area contributed by atoms with Crippen LogP contribution in [0, 0.1) is 6.92 Å². The number of nitrogens with zero attached hydrogens (tertiary/aromatic N) is 1.